The van der Waals surface area contributed by atoms with Crippen LogP contribution in [0.3, 0.4) is 0 Å². The summed E-state index contributed by atoms with van der Waals surface area (Å²) in [6.45, 7) is 3.03. The molecule has 0 radical (unpaired) electrons. The zero-order valence-electron chi connectivity index (χ0n) is 10.4. The molecule has 0 bridgehead atoms. The second-order valence-corrected chi connectivity index (χ2v) is 5.78. The van der Waals surface area contributed by atoms with Crippen LogP contribution in [0.15, 0.2) is 48.0 Å². The van der Waals surface area contributed by atoms with E-state index in [9.17, 15) is 0 Å². The Morgan fingerprint density at radius 1 is 1.16 bits per heavy atom. The van der Waals surface area contributed by atoms with E-state index in [1.165, 1.54) is 21.3 Å². The third kappa shape index (κ3) is 3.16. The van der Waals surface area contributed by atoms with Crippen LogP contribution in [-0.2, 0) is 6.54 Å². The van der Waals surface area contributed by atoms with Gasteiger partial charge >= 0.3 is 0 Å². The van der Waals surface area contributed by atoms with Gasteiger partial charge in [0.2, 0.25) is 11.0 Å². The van der Waals surface area contributed by atoms with Crippen molar-refractivity contribution in [2.75, 3.05) is 0 Å². The van der Waals surface area contributed by atoms with Crippen LogP contribution >= 0.6 is 22.9 Å². The topological polar surface area (TPSA) is 3.88 Å². The molecule has 4 heteroatoms. The largest absolute Gasteiger partial charge is 1.00 e. The molecule has 0 spiro atoms. The maximum atomic E-state index is 6.01. The SMILES string of the molecule is Cc1cccc(C[n+]2csc3cc(Cl)ccc32)c1.[Br-]. The number of hydrogen-bond acceptors (Lipinski definition) is 1. The third-order valence-electron chi connectivity index (χ3n) is 2.97. The van der Waals surface area contributed by atoms with Crippen molar-refractivity contribution in [2.45, 2.75) is 13.5 Å². The van der Waals surface area contributed by atoms with E-state index in [4.69, 9.17) is 11.6 Å². The van der Waals surface area contributed by atoms with Gasteiger partial charge in [-0.25, -0.2) is 0 Å². The second kappa shape index (κ2) is 6.04. The van der Waals surface area contributed by atoms with Gasteiger partial charge in [-0.05, 0) is 25.1 Å². The van der Waals surface area contributed by atoms with Gasteiger partial charge in [0.1, 0.15) is 4.70 Å². The fraction of sp³-hybridized carbons (Fsp3) is 0.133. The first kappa shape index (κ1) is 14.5. The Labute approximate surface area is 132 Å². The zero-order valence-corrected chi connectivity index (χ0v) is 13.6. The highest BCUT2D eigenvalue weighted by Gasteiger charge is 2.12. The van der Waals surface area contributed by atoms with Gasteiger partial charge in [0.15, 0.2) is 6.54 Å². The molecule has 0 saturated heterocycles. The predicted molar refractivity (Wildman–Crippen MR) is 77.3 cm³/mol. The highest BCUT2D eigenvalue weighted by molar-refractivity contribution is 7.16. The van der Waals surface area contributed by atoms with Gasteiger partial charge in [0, 0.05) is 16.7 Å². The molecule has 2 aromatic carbocycles. The molecular formula is C15H13BrClNS. The first-order valence-electron chi connectivity index (χ1n) is 5.84. The summed E-state index contributed by atoms with van der Waals surface area (Å²) in [4.78, 5) is 0. The minimum atomic E-state index is 0. The van der Waals surface area contributed by atoms with Crippen molar-refractivity contribution in [1.29, 1.82) is 0 Å². The molecule has 0 aliphatic carbocycles. The summed E-state index contributed by atoms with van der Waals surface area (Å²) < 4.78 is 3.50. The summed E-state index contributed by atoms with van der Waals surface area (Å²) in [6, 6.07) is 14.7. The molecular weight excluding hydrogens is 342 g/mol. The number of fused-ring (bicyclic) bond motifs is 1. The lowest BCUT2D eigenvalue weighted by Crippen LogP contribution is -3.00. The predicted octanol–water partition coefficient (Wildman–Crippen LogP) is 1.20. The number of rotatable bonds is 2. The van der Waals surface area contributed by atoms with E-state index >= 15 is 0 Å². The highest BCUT2D eigenvalue weighted by atomic mass is 79.9. The van der Waals surface area contributed by atoms with Crippen molar-refractivity contribution in [3.63, 3.8) is 0 Å². The van der Waals surface area contributed by atoms with Gasteiger partial charge in [-0.15, -0.1) is 0 Å². The van der Waals surface area contributed by atoms with Gasteiger partial charge in [-0.2, -0.15) is 4.57 Å². The average molecular weight is 355 g/mol. The first-order chi connectivity index (χ1) is 8.72. The summed E-state index contributed by atoms with van der Waals surface area (Å²) >= 11 is 7.74. The van der Waals surface area contributed by atoms with Crippen molar-refractivity contribution < 1.29 is 21.5 Å². The number of aromatic nitrogens is 1. The molecule has 98 valence electrons. The lowest BCUT2D eigenvalue weighted by atomic mass is 10.1. The normalized spacial score (nSPS) is 10.4. The van der Waals surface area contributed by atoms with Crippen LogP contribution in [0.5, 0.6) is 0 Å². The molecule has 1 nitrogen and oxygen atoms in total. The number of hydrogen-bond donors (Lipinski definition) is 0. The van der Waals surface area contributed by atoms with Gasteiger partial charge in [-0.3, -0.25) is 0 Å². The molecule has 0 saturated carbocycles. The fourth-order valence-electron chi connectivity index (χ4n) is 2.13. The second-order valence-electron chi connectivity index (χ2n) is 4.45. The smallest absolute Gasteiger partial charge is 0.226 e. The fourth-order valence-corrected chi connectivity index (χ4v) is 3.29. The van der Waals surface area contributed by atoms with E-state index in [0.717, 1.165) is 11.6 Å². The lowest BCUT2D eigenvalue weighted by Gasteiger charge is -1.98. The first-order valence-corrected chi connectivity index (χ1v) is 7.10. The van der Waals surface area contributed by atoms with Gasteiger partial charge in [0.05, 0.1) is 0 Å². The van der Waals surface area contributed by atoms with Crippen molar-refractivity contribution in [3.8, 4) is 0 Å². The monoisotopic (exact) mass is 353 g/mol. The number of thiazole rings is 1. The van der Waals surface area contributed by atoms with Crippen LogP contribution in [0.2, 0.25) is 5.02 Å². The Kier molecular flexibility index (Phi) is 4.61. The number of aryl methyl sites for hydroxylation is 1. The van der Waals surface area contributed by atoms with Crippen LogP contribution in [-0.4, -0.2) is 0 Å². The summed E-state index contributed by atoms with van der Waals surface area (Å²) in [7, 11) is 0. The summed E-state index contributed by atoms with van der Waals surface area (Å²) in [5.74, 6) is 0. The van der Waals surface area contributed by atoms with E-state index in [-0.39, 0.29) is 17.0 Å². The molecule has 3 rings (SSSR count). The maximum Gasteiger partial charge on any atom is 0.226 e. The Balaban J connectivity index is 0.00000133. The number of nitrogens with zero attached hydrogens (tertiary/aromatic N) is 1. The molecule has 0 N–H and O–H groups in total. The molecule has 0 fully saturated rings. The minimum Gasteiger partial charge on any atom is -1.00 e. The van der Waals surface area contributed by atoms with Crippen LogP contribution in [0.4, 0.5) is 0 Å². The summed E-state index contributed by atoms with van der Waals surface area (Å²) in [5, 5.41) is 0.798. The molecule has 0 atom stereocenters. The Morgan fingerprint density at radius 3 is 2.79 bits per heavy atom. The van der Waals surface area contributed by atoms with E-state index in [0.29, 0.717) is 0 Å². The Bertz CT molecular complexity index is 708. The van der Waals surface area contributed by atoms with Crippen molar-refractivity contribution in [3.05, 3.63) is 64.1 Å². The zero-order chi connectivity index (χ0) is 12.5. The number of benzene rings is 2. The van der Waals surface area contributed by atoms with Gasteiger partial charge < -0.3 is 17.0 Å². The van der Waals surface area contributed by atoms with E-state index in [1.54, 1.807) is 11.3 Å². The van der Waals surface area contributed by atoms with Crippen molar-refractivity contribution in [2.24, 2.45) is 0 Å². The Hall–Kier alpha value is -0.900. The van der Waals surface area contributed by atoms with Crippen molar-refractivity contribution in [1.82, 2.24) is 0 Å². The molecule has 0 amide bonds. The average Bonchev–Trinajstić information content (AvgIpc) is 2.72. The molecule has 3 aromatic rings. The molecule has 19 heavy (non-hydrogen) atoms. The quantitative estimate of drug-likeness (QED) is 0.609. The molecule has 1 aromatic heterocycles. The van der Waals surface area contributed by atoms with Gasteiger partial charge in [0.25, 0.3) is 0 Å². The van der Waals surface area contributed by atoms with E-state index in [1.807, 2.05) is 12.1 Å². The molecule has 0 unspecified atom stereocenters. The minimum absolute atomic E-state index is 0. The highest BCUT2D eigenvalue weighted by Crippen LogP contribution is 2.21. The van der Waals surface area contributed by atoms with Crippen LogP contribution in [0.25, 0.3) is 10.2 Å². The molecule has 0 aliphatic rings. The summed E-state index contributed by atoms with van der Waals surface area (Å²) in [6.07, 6.45) is 0. The van der Waals surface area contributed by atoms with Crippen LogP contribution in [0.1, 0.15) is 11.1 Å². The molecule has 0 aliphatic heterocycles. The van der Waals surface area contributed by atoms with E-state index < -0.39 is 0 Å². The van der Waals surface area contributed by atoms with Gasteiger partial charge in [-0.1, -0.05) is 46.7 Å². The third-order valence-corrected chi connectivity index (χ3v) is 4.15. The maximum absolute atomic E-state index is 6.01. The summed E-state index contributed by atoms with van der Waals surface area (Å²) in [5.41, 5.74) is 6.03. The van der Waals surface area contributed by atoms with Crippen LogP contribution in [0, 0.1) is 6.92 Å². The van der Waals surface area contributed by atoms with Crippen molar-refractivity contribution >= 4 is 33.2 Å². The van der Waals surface area contributed by atoms with Crippen LogP contribution < -0.4 is 21.5 Å². The standard InChI is InChI=1S/C15H13ClNS.BrH/c1-11-3-2-4-12(7-11)9-17-10-18-15-8-13(16)5-6-14(15)17;/h2-8,10H,9H2,1H3;1H/q+1;/p-1. The lowest BCUT2D eigenvalue weighted by molar-refractivity contribution is -0.658. The van der Waals surface area contributed by atoms with E-state index in [2.05, 4.69) is 47.3 Å². The Morgan fingerprint density at radius 2 is 2.00 bits per heavy atom. The number of halogens is 2. The molecule has 1 heterocycles.